The third-order valence-corrected chi connectivity index (χ3v) is 6.99. The molecule has 0 aliphatic heterocycles. The fourth-order valence-electron chi connectivity index (χ4n) is 3.05. The van der Waals surface area contributed by atoms with Crippen molar-refractivity contribution in [3.05, 3.63) is 77.4 Å². The minimum atomic E-state index is -0.209. The highest BCUT2D eigenvalue weighted by atomic mass is 32.2. The van der Waals surface area contributed by atoms with Crippen LogP contribution in [0.4, 0.5) is 5.69 Å². The number of carbonyl (C=O) groups excluding carboxylic acids is 1. The van der Waals surface area contributed by atoms with Gasteiger partial charge in [-0.25, -0.2) is 4.98 Å². The maximum atomic E-state index is 12.7. The molecule has 7 heteroatoms. The Labute approximate surface area is 189 Å². The van der Waals surface area contributed by atoms with E-state index in [1.807, 2.05) is 18.2 Å². The molecule has 0 atom stereocenters. The van der Waals surface area contributed by atoms with Gasteiger partial charge in [-0.1, -0.05) is 41.6 Å². The Balaban J connectivity index is 1.46. The highest BCUT2D eigenvalue weighted by molar-refractivity contribution is 8.00. The monoisotopic (exact) mass is 450 g/mol. The lowest BCUT2D eigenvalue weighted by atomic mass is 10.2. The molecule has 158 valence electrons. The number of aryl methyl sites for hydroxylation is 1. The number of aromatic nitrogens is 1. The second-order valence-corrected chi connectivity index (χ2v) is 9.21. The molecule has 0 fully saturated rings. The number of hydrogen-bond donors (Lipinski definition) is 1. The molecule has 0 spiro atoms. The van der Waals surface area contributed by atoms with E-state index in [2.05, 4.69) is 36.5 Å². The van der Waals surface area contributed by atoms with Gasteiger partial charge in [-0.2, -0.15) is 0 Å². The van der Waals surface area contributed by atoms with Crippen LogP contribution in [0, 0.1) is 6.92 Å². The average molecular weight is 451 g/mol. The molecular formula is C24H22N2O3S2. The van der Waals surface area contributed by atoms with Crippen LogP contribution < -0.4 is 14.8 Å². The molecular weight excluding hydrogens is 428 g/mol. The van der Waals surface area contributed by atoms with Crippen molar-refractivity contribution in [3.8, 4) is 11.5 Å². The number of hydrogen-bond acceptors (Lipinski definition) is 6. The normalized spacial score (nSPS) is 10.8. The van der Waals surface area contributed by atoms with Crippen molar-refractivity contribution in [2.45, 2.75) is 17.0 Å². The second-order valence-electron chi connectivity index (χ2n) is 6.96. The summed E-state index contributed by atoms with van der Waals surface area (Å²) < 4.78 is 12.6. The summed E-state index contributed by atoms with van der Waals surface area (Å²) in [5.41, 5.74) is 4.69. The summed E-state index contributed by atoms with van der Waals surface area (Å²) >= 11 is 3.36. The van der Waals surface area contributed by atoms with Crippen LogP contribution in [0.1, 0.15) is 21.5 Å². The molecule has 1 amide bonds. The standard InChI is InChI=1S/C24H22N2O3S2/c1-15-4-6-16(7-5-15)14-30-24-26-19-10-9-18(13-22(19)31-24)25-23(27)17-8-11-20(28-2)21(12-17)29-3/h4-13H,14H2,1-3H3,(H,25,27). The van der Waals surface area contributed by atoms with Crippen LogP contribution in [0.5, 0.6) is 11.5 Å². The van der Waals surface area contributed by atoms with Crippen molar-refractivity contribution >= 4 is 44.9 Å². The number of nitrogens with one attached hydrogen (secondary N) is 1. The number of amides is 1. The van der Waals surface area contributed by atoms with Crippen LogP contribution in [0.15, 0.2) is 65.0 Å². The van der Waals surface area contributed by atoms with E-state index < -0.39 is 0 Å². The first-order valence-corrected chi connectivity index (χ1v) is 11.5. The fourth-order valence-corrected chi connectivity index (χ4v) is 5.12. The van der Waals surface area contributed by atoms with E-state index in [0.717, 1.165) is 26.0 Å². The Morgan fingerprint density at radius 1 is 1.00 bits per heavy atom. The van der Waals surface area contributed by atoms with Gasteiger partial charge in [0, 0.05) is 17.0 Å². The first kappa shape index (κ1) is 21.2. The number of fused-ring (bicyclic) bond motifs is 1. The molecule has 31 heavy (non-hydrogen) atoms. The first-order valence-electron chi connectivity index (χ1n) is 9.68. The van der Waals surface area contributed by atoms with Gasteiger partial charge < -0.3 is 14.8 Å². The Bertz CT molecular complexity index is 1220. The molecule has 0 saturated heterocycles. The van der Waals surface area contributed by atoms with Gasteiger partial charge in [-0.3, -0.25) is 4.79 Å². The van der Waals surface area contributed by atoms with Gasteiger partial charge in [0.25, 0.3) is 5.91 Å². The Morgan fingerprint density at radius 2 is 1.77 bits per heavy atom. The number of thiazole rings is 1. The van der Waals surface area contributed by atoms with Crippen LogP contribution in [-0.2, 0) is 5.75 Å². The first-order chi connectivity index (χ1) is 15.1. The Morgan fingerprint density at radius 3 is 2.52 bits per heavy atom. The van der Waals surface area contributed by atoms with Crippen molar-refractivity contribution in [1.29, 1.82) is 0 Å². The van der Waals surface area contributed by atoms with Crippen molar-refractivity contribution in [1.82, 2.24) is 4.98 Å². The van der Waals surface area contributed by atoms with Gasteiger partial charge in [0.15, 0.2) is 15.8 Å². The summed E-state index contributed by atoms with van der Waals surface area (Å²) in [6.45, 7) is 2.09. The predicted octanol–water partition coefficient (Wildman–Crippen LogP) is 6.17. The highest BCUT2D eigenvalue weighted by Gasteiger charge is 2.12. The summed E-state index contributed by atoms with van der Waals surface area (Å²) in [6, 6.07) is 19.4. The number of ether oxygens (including phenoxy) is 2. The Hall–Kier alpha value is -3.03. The fraction of sp³-hybridized carbons (Fsp3) is 0.167. The molecule has 1 heterocycles. The smallest absolute Gasteiger partial charge is 0.255 e. The van der Waals surface area contributed by atoms with Crippen LogP contribution in [0.25, 0.3) is 10.2 Å². The molecule has 4 aromatic rings. The van der Waals surface area contributed by atoms with Crippen molar-refractivity contribution in [2.24, 2.45) is 0 Å². The number of thioether (sulfide) groups is 1. The van der Waals surface area contributed by atoms with Crippen molar-refractivity contribution in [2.75, 3.05) is 19.5 Å². The lowest BCUT2D eigenvalue weighted by Crippen LogP contribution is -2.12. The summed E-state index contributed by atoms with van der Waals surface area (Å²) in [5, 5.41) is 2.95. The van der Waals surface area contributed by atoms with E-state index in [1.165, 1.54) is 11.1 Å². The number of anilines is 1. The number of nitrogens with zero attached hydrogens (tertiary/aromatic N) is 1. The van der Waals surface area contributed by atoms with Crippen LogP contribution in [-0.4, -0.2) is 25.1 Å². The zero-order chi connectivity index (χ0) is 21.8. The minimum Gasteiger partial charge on any atom is -0.493 e. The van der Waals surface area contributed by atoms with Gasteiger partial charge in [0.05, 0.1) is 24.4 Å². The second kappa shape index (κ2) is 9.41. The van der Waals surface area contributed by atoms with Gasteiger partial charge >= 0.3 is 0 Å². The quantitative estimate of drug-likeness (QED) is 0.341. The third-order valence-electron chi connectivity index (χ3n) is 4.76. The van der Waals surface area contributed by atoms with E-state index in [4.69, 9.17) is 14.5 Å². The number of methoxy groups -OCH3 is 2. The summed E-state index contributed by atoms with van der Waals surface area (Å²) in [7, 11) is 3.11. The average Bonchev–Trinajstić information content (AvgIpc) is 3.20. The third kappa shape index (κ3) is 5.00. The molecule has 0 aliphatic carbocycles. The zero-order valence-electron chi connectivity index (χ0n) is 17.5. The van der Waals surface area contributed by atoms with Gasteiger partial charge in [-0.05, 0) is 48.9 Å². The van der Waals surface area contributed by atoms with E-state index in [1.54, 1.807) is 55.5 Å². The SMILES string of the molecule is COc1ccc(C(=O)Nc2ccc3nc(SCc4ccc(C)cc4)sc3c2)cc1OC. The van der Waals surface area contributed by atoms with Gasteiger partial charge in [-0.15, -0.1) is 11.3 Å². The molecule has 4 rings (SSSR count). The van der Waals surface area contributed by atoms with Crippen molar-refractivity contribution in [3.63, 3.8) is 0 Å². The van der Waals surface area contributed by atoms with Crippen LogP contribution in [0.3, 0.4) is 0 Å². The number of rotatable bonds is 7. The van der Waals surface area contributed by atoms with E-state index in [0.29, 0.717) is 17.1 Å². The van der Waals surface area contributed by atoms with Gasteiger partial charge in [0.2, 0.25) is 0 Å². The van der Waals surface area contributed by atoms with Crippen molar-refractivity contribution < 1.29 is 14.3 Å². The maximum Gasteiger partial charge on any atom is 0.255 e. The zero-order valence-corrected chi connectivity index (χ0v) is 19.1. The number of benzene rings is 3. The molecule has 0 saturated carbocycles. The van der Waals surface area contributed by atoms with Crippen LogP contribution in [0.2, 0.25) is 0 Å². The topological polar surface area (TPSA) is 60.5 Å². The maximum absolute atomic E-state index is 12.7. The molecule has 0 bridgehead atoms. The predicted molar refractivity (Wildman–Crippen MR) is 128 cm³/mol. The van der Waals surface area contributed by atoms with E-state index in [9.17, 15) is 4.79 Å². The molecule has 0 radical (unpaired) electrons. The van der Waals surface area contributed by atoms with E-state index in [-0.39, 0.29) is 5.91 Å². The van der Waals surface area contributed by atoms with Gasteiger partial charge in [0.1, 0.15) is 0 Å². The molecule has 3 aromatic carbocycles. The largest absolute Gasteiger partial charge is 0.493 e. The lowest BCUT2D eigenvalue weighted by molar-refractivity contribution is 0.102. The summed E-state index contributed by atoms with van der Waals surface area (Å²) in [5.74, 6) is 1.77. The van der Waals surface area contributed by atoms with Crippen LogP contribution >= 0.6 is 23.1 Å². The Kier molecular flexibility index (Phi) is 6.44. The molecule has 5 nitrogen and oxygen atoms in total. The summed E-state index contributed by atoms with van der Waals surface area (Å²) in [4.78, 5) is 17.4. The number of carbonyl (C=O) groups is 1. The summed E-state index contributed by atoms with van der Waals surface area (Å²) in [6.07, 6.45) is 0. The molecule has 0 unspecified atom stereocenters. The van der Waals surface area contributed by atoms with E-state index >= 15 is 0 Å². The minimum absolute atomic E-state index is 0.209. The molecule has 1 N–H and O–H groups in total. The lowest BCUT2D eigenvalue weighted by Gasteiger charge is -2.10. The molecule has 0 aliphatic rings. The molecule has 1 aromatic heterocycles. The highest BCUT2D eigenvalue weighted by Crippen LogP contribution is 2.33.